The molecule has 10 aromatic rings. The maximum absolute atomic E-state index is 7.25. The molecule has 0 aliphatic rings. The molecule has 0 aliphatic carbocycles. The first-order valence-corrected chi connectivity index (χ1v) is 18.9. The van der Waals surface area contributed by atoms with Crippen LogP contribution in [-0.4, -0.2) is 107 Å². The minimum absolute atomic E-state index is 0.000938. The second-order valence-corrected chi connectivity index (χ2v) is 15.4. The van der Waals surface area contributed by atoms with Crippen LogP contribution in [0.4, 0.5) is 0 Å². The number of fused-ring (bicyclic) bond motifs is 9. The number of hydrogen-bond acceptors (Lipinski definition) is 2. The van der Waals surface area contributed by atoms with Gasteiger partial charge in [0.2, 0.25) is 0 Å². The summed E-state index contributed by atoms with van der Waals surface area (Å²) in [6.07, 6.45) is 0. The van der Waals surface area contributed by atoms with Crippen LogP contribution in [-0.2, 0) is 0 Å². The molecule has 0 unspecified atom stereocenters. The van der Waals surface area contributed by atoms with Crippen molar-refractivity contribution in [3.05, 3.63) is 71.2 Å². The van der Waals surface area contributed by atoms with Gasteiger partial charge < -0.3 is 13.4 Å². The van der Waals surface area contributed by atoms with E-state index in [0.717, 1.165) is 33.1 Å². The molecule has 7 aromatic carbocycles. The average molecular weight is 782 g/mol. The van der Waals surface area contributed by atoms with Gasteiger partial charge in [-0.15, -0.1) is 10.9 Å². The molecule has 3 heterocycles. The molecule has 17 heteroatoms. The van der Waals surface area contributed by atoms with Crippen LogP contribution in [0.15, 0.2) is 80.0 Å². The van der Waals surface area contributed by atoms with Gasteiger partial charge in [0, 0.05) is 53.5 Å². The molecule has 10 rings (SSSR count). The Balaban J connectivity index is 1.30. The summed E-state index contributed by atoms with van der Waals surface area (Å²) in [7, 11) is 87.5. The highest BCUT2D eigenvalue weighted by molar-refractivity contribution is 9.10. The number of nitrogens with zero attached hydrogens (tertiary/aromatic N) is 1. The van der Waals surface area contributed by atoms with Gasteiger partial charge in [0.15, 0.2) is 0 Å². The normalized spacial score (nSPS) is 12.0. The highest BCUT2D eigenvalue weighted by Crippen LogP contribution is 2.35. The van der Waals surface area contributed by atoms with Gasteiger partial charge >= 0.3 is 0 Å². The number of para-hydroxylation sites is 1. The van der Waals surface area contributed by atoms with E-state index >= 15 is 0 Å². The monoisotopic (exact) mass is 783 g/mol. The zero-order chi connectivity index (χ0) is 41.7. The van der Waals surface area contributed by atoms with Crippen molar-refractivity contribution in [1.82, 2.24) is 4.57 Å². The Hall–Kier alpha value is -4.74. The van der Waals surface area contributed by atoms with Crippen LogP contribution in [0.1, 0.15) is 0 Å². The topological polar surface area (TPSA) is 31.2 Å². The van der Waals surface area contributed by atoms with Crippen LogP contribution in [0.3, 0.4) is 0 Å². The molecule has 0 atom stereocenters. The smallest absolute Gasteiger partial charge is 0.135 e. The number of aromatic nitrogens is 1. The summed E-state index contributed by atoms with van der Waals surface area (Å²) in [5.74, 6) is 0. The van der Waals surface area contributed by atoms with Crippen LogP contribution in [0.2, 0.25) is 0 Å². The lowest BCUT2D eigenvalue weighted by atomic mass is 9.62. The molecule has 59 heavy (non-hydrogen) atoms. The Morgan fingerprint density at radius 1 is 0.390 bits per heavy atom. The Morgan fingerprint density at radius 2 is 0.932 bits per heavy atom. The number of rotatable bonds is 3. The van der Waals surface area contributed by atoms with Gasteiger partial charge in [-0.1, -0.05) is 112 Å². The Morgan fingerprint density at radius 3 is 1.64 bits per heavy atom. The van der Waals surface area contributed by atoms with Crippen molar-refractivity contribution < 1.29 is 8.83 Å². The van der Waals surface area contributed by atoms with E-state index in [-0.39, 0.29) is 104 Å². The minimum Gasteiger partial charge on any atom is -0.457 e. The number of halogens is 1. The van der Waals surface area contributed by atoms with Gasteiger partial charge in [-0.2, -0.15) is 0 Å². The summed E-state index contributed by atoms with van der Waals surface area (Å²) < 4.78 is 14.4. The maximum atomic E-state index is 7.25. The first-order valence-electron chi connectivity index (χ1n) is 18.1. The van der Waals surface area contributed by atoms with E-state index < -0.39 is 0 Å². The molecule has 0 bridgehead atoms. The Labute approximate surface area is 365 Å². The fraction of sp³-hybridized carbons (Fsp3) is 0. The van der Waals surface area contributed by atoms with E-state index in [4.69, 9.17) is 111 Å². The number of benzene rings is 7. The molecular weight excluding hydrogens is 771 g/mol. The highest BCUT2D eigenvalue weighted by atomic mass is 79.9. The molecule has 3 aromatic heterocycles. The van der Waals surface area contributed by atoms with Gasteiger partial charge in [0.1, 0.15) is 124 Å². The number of furan rings is 2. The SMILES string of the molecule is [B]c1c([B])c([B])c2c(oc3c([B])c([B])c(-c4c([B])c([B])c5c(c4[B])c4c([B])c(Br)c([B])c([B])c4n5-c4cccc(-c5ccc6oc7ccccc7c6c5)c4)c([B])c32)c1[B]. The van der Waals surface area contributed by atoms with Crippen molar-refractivity contribution in [2.45, 2.75) is 0 Å². The summed E-state index contributed by atoms with van der Waals surface area (Å²) in [6.45, 7) is 0. The van der Waals surface area contributed by atoms with E-state index in [9.17, 15) is 0 Å². The molecule has 0 fully saturated rings. The third kappa shape index (κ3) is 5.13. The summed E-state index contributed by atoms with van der Waals surface area (Å²) in [5.41, 5.74) is 6.74. The fourth-order valence-corrected chi connectivity index (χ4v) is 8.98. The second kappa shape index (κ2) is 13.4. The van der Waals surface area contributed by atoms with Crippen LogP contribution < -0.4 is 71.0 Å². The Kier molecular flexibility index (Phi) is 8.73. The summed E-state index contributed by atoms with van der Waals surface area (Å²) in [5, 5.41) is 3.39. The first kappa shape index (κ1) is 38.5. The fourth-order valence-electron chi connectivity index (χ4n) is 8.57. The van der Waals surface area contributed by atoms with E-state index in [1.54, 1.807) is 0 Å². The molecule has 0 N–H and O–H groups in total. The van der Waals surface area contributed by atoms with Crippen LogP contribution in [0.25, 0.3) is 93.6 Å². The van der Waals surface area contributed by atoms with E-state index in [1.807, 2.05) is 65.2 Å². The van der Waals surface area contributed by atoms with Crippen molar-refractivity contribution >= 4 is 255 Å². The van der Waals surface area contributed by atoms with Crippen molar-refractivity contribution in [2.75, 3.05) is 0 Å². The van der Waals surface area contributed by atoms with Gasteiger partial charge in [0.05, 0.1) is 0 Å². The minimum atomic E-state index is 0.000938. The molecule has 242 valence electrons. The second-order valence-electron chi connectivity index (χ2n) is 14.6. The van der Waals surface area contributed by atoms with Crippen LogP contribution in [0, 0.1) is 0 Å². The lowest BCUT2D eigenvalue weighted by molar-refractivity contribution is 0.669. The lowest BCUT2D eigenvalue weighted by Crippen LogP contribution is -2.47. The molecular formula is C42H11B13BrNO2. The summed E-state index contributed by atoms with van der Waals surface area (Å²) in [4.78, 5) is 0. The molecule has 0 aliphatic heterocycles. The quantitative estimate of drug-likeness (QED) is 0.179. The van der Waals surface area contributed by atoms with Crippen LogP contribution in [0.5, 0.6) is 0 Å². The van der Waals surface area contributed by atoms with Gasteiger partial charge in [-0.25, -0.2) is 0 Å². The van der Waals surface area contributed by atoms with E-state index in [0.29, 0.717) is 32.0 Å². The van der Waals surface area contributed by atoms with Crippen molar-refractivity contribution in [2.24, 2.45) is 0 Å². The summed E-state index contributed by atoms with van der Waals surface area (Å²) >= 11 is 3.55. The molecule has 3 nitrogen and oxygen atoms in total. The van der Waals surface area contributed by atoms with Crippen molar-refractivity contribution in [1.29, 1.82) is 0 Å². The number of hydrogen-bond donors (Lipinski definition) is 0. The van der Waals surface area contributed by atoms with Gasteiger partial charge in [-0.3, -0.25) is 0 Å². The third-order valence-electron chi connectivity index (χ3n) is 11.5. The first-order chi connectivity index (χ1) is 28.1. The maximum Gasteiger partial charge on any atom is 0.135 e. The van der Waals surface area contributed by atoms with Crippen molar-refractivity contribution in [3.63, 3.8) is 0 Å². The zero-order valence-corrected chi connectivity index (χ0v) is 32.6. The molecule has 0 spiro atoms. The van der Waals surface area contributed by atoms with Gasteiger partial charge in [0.25, 0.3) is 0 Å². The average Bonchev–Trinajstić information content (AvgIpc) is 3.94. The molecule has 26 radical (unpaired) electrons. The van der Waals surface area contributed by atoms with E-state index in [1.165, 1.54) is 0 Å². The van der Waals surface area contributed by atoms with Crippen LogP contribution >= 0.6 is 15.9 Å². The third-order valence-corrected chi connectivity index (χ3v) is 12.4. The lowest BCUT2D eigenvalue weighted by Gasteiger charge is -2.24. The zero-order valence-electron chi connectivity index (χ0n) is 31.0. The molecule has 0 saturated carbocycles. The van der Waals surface area contributed by atoms with Crippen molar-refractivity contribution in [3.8, 4) is 27.9 Å². The highest BCUT2D eigenvalue weighted by Gasteiger charge is 2.28. The Bertz CT molecular complexity index is 3570. The largest absolute Gasteiger partial charge is 0.457 e. The summed E-state index contributed by atoms with van der Waals surface area (Å²) in [6, 6.07) is 21.8. The molecule has 0 amide bonds. The predicted octanol–water partition coefficient (Wildman–Crippen LogP) is -3.00. The van der Waals surface area contributed by atoms with Gasteiger partial charge in [-0.05, 0) is 52.6 Å². The predicted molar refractivity (Wildman–Crippen MR) is 264 cm³/mol. The standard InChI is InChI=1S/C42H11B13BrNO2/c43-25-19(20-26(44)23-24-29(47)31(49)32(50)37(55)42(24)59-41(23)36(54)28(20)46)27(45)34(52)39-21(25)22-30(48)38(56)33(51)35(53)40(22)57(39)14-5-3-4-12(10-14)13-8-9-18-16(11-13)15-6-1-2-7-17(15)58-18/h1-11H. The molecule has 0 saturated heterocycles. The van der Waals surface area contributed by atoms with E-state index in [2.05, 4.69) is 22.0 Å².